The predicted octanol–water partition coefficient (Wildman–Crippen LogP) is 4.33. The highest BCUT2D eigenvalue weighted by molar-refractivity contribution is 6.34. The van der Waals surface area contributed by atoms with Gasteiger partial charge in [0.25, 0.3) is 5.91 Å². The monoisotopic (exact) mass is 380 g/mol. The first-order valence-corrected chi connectivity index (χ1v) is 9.37. The summed E-state index contributed by atoms with van der Waals surface area (Å²) in [6.07, 6.45) is 2.85. The zero-order chi connectivity index (χ0) is 19.0. The number of benzene rings is 2. The van der Waals surface area contributed by atoms with Crippen LogP contribution >= 0.6 is 11.6 Å². The number of carbonyl (C=O) groups excluding carboxylic acids is 1. The summed E-state index contributed by atoms with van der Waals surface area (Å²) in [7, 11) is 3.80. The normalized spacial score (nSPS) is 12.7. The number of carbonyl (C=O) groups is 1. The van der Waals surface area contributed by atoms with Crippen molar-refractivity contribution in [2.75, 3.05) is 24.3 Å². The minimum atomic E-state index is -0.201. The summed E-state index contributed by atoms with van der Waals surface area (Å²) in [6.45, 7) is 0. The van der Waals surface area contributed by atoms with Gasteiger partial charge in [0, 0.05) is 25.4 Å². The number of hydrogen-bond donors (Lipinski definition) is 1. The summed E-state index contributed by atoms with van der Waals surface area (Å²) in [5, 5.41) is 8.25. The zero-order valence-electron chi connectivity index (χ0n) is 15.4. The van der Waals surface area contributed by atoms with Crippen molar-refractivity contribution in [2.24, 2.45) is 0 Å². The number of fused-ring (bicyclic) bond motifs is 1. The fourth-order valence-electron chi connectivity index (χ4n) is 3.65. The number of anilines is 2. The Kier molecular flexibility index (Phi) is 4.62. The third-order valence-electron chi connectivity index (χ3n) is 4.83. The van der Waals surface area contributed by atoms with Gasteiger partial charge in [0.1, 0.15) is 0 Å². The maximum atomic E-state index is 13.1. The van der Waals surface area contributed by atoms with Gasteiger partial charge in [-0.15, -0.1) is 0 Å². The van der Waals surface area contributed by atoms with Gasteiger partial charge in [0.05, 0.1) is 22.1 Å². The van der Waals surface area contributed by atoms with E-state index < -0.39 is 0 Å². The fourth-order valence-corrected chi connectivity index (χ4v) is 4.00. The summed E-state index contributed by atoms with van der Waals surface area (Å²) in [5.41, 5.74) is 5.11. The fraction of sp³-hybridized carbons (Fsp3) is 0.238. The molecule has 3 aromatic rings. The third kappa shape index (κ3) is 3.19. The molecule has 27 heavy (non-hydrogen) atoms. The van der Waals surface area contributed by atoms with E-state index in [2.05, 4.69) is 10.4 Å². The van der Waals surface area contributed by atoms with Gasteiger partial charge in [-0.1, -0.05) is 35.9 Å². The molecule has 1 heterocycles. The molecular weight excluding hydrogens is 360 g/mol. The Hall–Kier alpha value is -2.79. The molecule has 0 radical (unpaired) electrons. The van der Waals surface area contributed by atoms with E-state index in [1.54, 1.807) is 0 Å². The Balaban J connectivity index is 1.71. The summed E-state index contributed by atoms with van der Waals surface area (Å²) in [5.74, 6) is -0.201. The second kappa shape index (κ2) is 7.08. The van der Waals surface area contributed by atoms with Crippen LogP contribution in [-0.2, 0) is 12.8 Å². The minimum Gasteiger partial charge on any atom is -0.375 e. The molecule has 0 saturated carbocycles. The Morgan fingerprint density at radius 1 is 1.11 bits per heavy atom. The van der Waals surface area contributed by atoms with Crippen LogP contribution in [0.3, 0.4) is 0 Å². The molecule has 0 bridgehead atoms. The number of nitrogens with one attached hydrogen (secondary N) is 1. The average Bonchev–Trinajstić information content (AvgIpc) is 3.24. The van der Waals surface area contributed by atoms with Crippen molar-refractivity contribution in [3.63, 3.8) is 0 Å². The highest BCUT2D eigenvalue weighted by Crippen LogP contribution is 2.34. The summed E-state index contributed by atoms with van der Waals surface area (Å²) >= 11 is 6.32. The van der Waals surface area contributed by atoms with Gasteiger partial charge in [-0.25, -0.2) is 4.68 Å². The van der Waals surface area contributed by atoms with Crippen LogP contribution in [0, 0.1) is 0 Å². The van der Waals surface area contributed by atoms with Gasteiger partial charge in [0.15, 0.2) is 5.69 Å². The van der Waals surface area contributed by atoms with Crippen molar-refractivity contribution >= 4 is 28.9 Å². The highest BCUT2D eigenvalue weighted by atomic mass is 35.5. The lowest BCUT2D eigenvalue weighted by Gasteiger charge is -2.19. The number of hydrogen-bond acceptors (Lipinski definition) is 3. The molecular formula is C21H21ClN4O. The molecule has 1 aliphatic rings. The van der Waals surface area contributed by atoms with Crippen molar-refractivity contribution in [3.05, 3.63) is 70.5 Å². The zero-order valence-corrected chi connectivity index (χ0v) is 16.1. The third-order valence-corrected chi connectivity index (χ3v) is 5.13. The first-order chi connectivity index (χ1) is 13.1. The summed E-state index contributed by atoms with van der Waals surface area (Å²) in [6, 6.07) is 15.5. The van der Waals surface area contributed by atoms with Crippen LogP contribution < -0.4 is 10.2 Å². The predicted molar refractivity (Wildman–Crippen MR) is 109 cm³/mol. The standard InChI is InChI=1S/C21H21ClN4O/c1-25(2)20-16(22)11-7-12-17(20)23-21(27)19-15-10-6-13-18(15)26(24-19)14-8-4-3-5-9-14/h3-5,7-9,11-12H,6,10,13H2,1-2H3,(H,23,27). The van der Waals surface area contributed by atoms with Crippen LogP contribution in [0.25, 0.3) is 5.69 Å². The van der Waals surface area contributed by atoms with Crippen LogP contribution in [0.15, 0.2) is 48.5 Å². The molecule has 0 spiro atoms. The number of para-hydroxylation sites is 2. The van der Waals surface area contributed by atoms with Crippen LogP contribution in [0.5, 0.6) is 0 Å². The van der Waals surface area contributed by atoms with Crippen LogP contribution in [0.4, 0.5) is 11.4 Å². The summed E-state index contributed by atoms with van der Waals surface area (Å²) in [4.78, 5) is 14.9. The molecule has 1 N–H and O–H groups in total. The summed E-state index contributed by atoms with van der Waals surface area (Å²) < 4.78 is 1.90. The molecule has 4 rings (SSSR count). The topological polar surface area (TPSA) is 50.2 Å². The van der Waals surface area contributed by atoms with Crippen molar-refractivity contribution in [2.45, 2.75) is 19.3 Å². The first kappa shape index (κ1) is 17.6. The number of aromatic nitrogens is 2. The van der Waals surface area contributed by atoms with Gasteiger partial charge < -0.3 is 10.2 Å². The maximum Gasteiger partial charge on any atom is 0.276 e. The Bertz CT molecular complexity index is 995. The number of halogens is 1. The molecule has 0 unspecified atom stereocenters. The number of amides is 1. The Morgan fingerprint density at radius 2 is 1.89 bits per heavy atom. The van der Waals surface area contributed by atoms with Crippen molar-refractivity contribution in [1.82, 2.24) is 9.78 Å². The van der Waals surface area contributed by atoms with Crippen LogP contribution in [0.2, 0.25) is 5.02 Å². The lowest BCUT2D eigenvalue weighted by Crippen LogP contribution is -2.18. The second-order valence-corrected chi connectivity index (χ2v) is 7.27. The Labute approximate surface area is 163 Å². The van der Waals surface area contributed by atoms with E-state index in [4.69, 9.17) is 11.6 Å². The molecule has 1 aliphatic carbocycles. The van der Waals surface area contributed by atoms with Crippen molar-refractivity contribution in [3.8, 4) is 5.69 Å². The molecule has 0 atom stereocenters. The van der Waals surface area contributed by atoms with E-state index in [1.807, 2.05) is 72.2 Å². The number of nitrogens with zero attached hydrogens (tertiary/aromatic N) is 3. The molecule has 2 aromatic carbocycles. The highest BCUT2D eigenvalue weighted by Gasteiger charge is 2.27. The molecule has 6 heteroatoms. The lowest BCUT2D eigenvalue weighted by atomic mass is 10.2. The van der Waals surface area contributed by atoms with E-state index >= 15 is 0 Å². The van der Waals surface area contributed by atoms with Gasteiger partial charge in [-0.2, -0.15) is 5.10 Å². The molecule has 0 aliphatic heterocycles. The number of rotatable bonds is 4. The molecule has 1 aromatic heterocycles. The van der Waals surface area contributed by atoms with Gasteiger partial charge in [0.2, 0.25) is 0 Å². The van der Waals surface area contributed by atoms with E-state index in [-0.39, 0.29) is 5.91 Å². The molecule has 0 saturated heterocycles. The Morgan fingerprint density at radius 3 is 2.63 bits per heavy atom. The quantitative estimate of drug-likeness (QED) is 0.732. The van der Waals surface area contributed by atoms with Crippen LogP contribution in [-0.4, -0.2) is 29.8 Å². The van der Waals surface area contributed by atoms with Crippen molar-refractivity contribution < 1.29 is 4.79 Å². The SMILES string of the molecule is CN(C)c1c(Cl)cccc1NC(=O)c1nn(-c2ccccc2)c2c1CCC2. The van der Waals surface area contributed by atoms with Crippen molar-refractivity contribution in [1.29, 1.82) is 0 Å². The lowest BCUT2D eigenvalue weighted by molar-refractivity contribution is 0.102. The van der Waals surface area contributed by atoms with Crippen LogP contribution in [0.1, 0.15) is 28.2 Å². The molecule has 138 valence electrons. The maximum absolute atomic E-state index is 13.1. The van der Waals surface area contributed by atoms with E-state index in [1.165, 1.54) is 0 Å². The minimum absolute atomic E-state index is 0.201. The van der Waals surface area contributed by atoms with Gasteiger partial charge >= 0.3 is 0 Å². The van der Waals surface area contributed by atoms with E-state index in [9.17, 15) is 4.79 Å². The molecule has 5 nitrogen and oxygen atoms in total. The van der Waals surface area contributed by atoms with E-state index in [0.29, 0.717) is 16.4 Å². The second-order valence-electron chi connectivity index (χ2n) is 6.86. The largest absolute Gasteiger partial charge is 0.375 e. The average molecular weight is 381 g/mol. The smallest absolute Gasteiger partial charge is 0.276 e. The van der Waals surface area contributed by atoms with E-state index in [0.717, 1.165) is 41.9 Å². The van der Waals surface area contributed by atoms with Gasteiger partial charge in [-0.3, -0.25) is 4.79 Å². The first-order valence-electron chi connectivity index (χ1n) is 8.99. The van der Waals surface area contributed by atoms with Gasteiger partial charge in [-0.05, 0) is 43.5 Å². The molecule has 0 fully saturated rings. The molecule has 1 amide bonds.